The number of aryl methyl sites for hydroxylation is 2. The first-order chi connectivity index (χ1) is 7.52. The molecule has 0 aromatic heterocycles. The third kappa shape index (κ3) is 1.48. The van der Waals surface area contributed by atoms with Gasteiger partial charge < -0.3 is 4.74 Å². The minimum absolute atomic E-state index is 0.00310. The maximum absolute atomic E-state index is 9.01. The summed E-state index contributed by atoms with van der Waals surface area (Å²) in [5.74, 6) is 1.09. The fourth-order valence-electron chi connectivity index (χ4n) is 2.50. The highest BCUT2D eigenvalue weighted by Gasteiger charge is 2.53. The average molecular weight is 215 g/mol. The Morgan fingerprint density at radius 3 is 2.62 bits per heavy atom. The number of nitriles is 1. The SMILES string of the molecule is COc1c(C)cc(C)cc1C1(C)CC1C#N. The second kappa shape index (κ2) is 3.52. The zero-order valence-corrected chi connectivity index (χ0v) is 10.3. The predicted molar refractivity (Wildman–Crippen MR) is 63.5 cm³/mol. The molecule has 0 aliphatic heterocycles. The van der Waals surface area contributed by atoms with E-state index in [1.54, 1.807) is 7.11 Å². The van der Waals surface area contributed by atoms with E-state index in [-0.39, 0.29) is 11.3 Å². The first-order valence-corrected chi connectivity index (χ1v) is 5.58. The van der Waals surface area contributed by atoms with Crippen molar-refractivity contribution in [3.63, 3.8) is 0 Å². The Balaban J connectivity index is 2.53. The van der Waals surface area contributed by atoms with E-state index in [9.17, 15) is 0 Å². The molecule has 1 aromatic rings. The van der Waals surface area contributed by atoms with Crippen LogP contribution in [0.15, 0.2) is 12.1 Å². The number of methoxy groups -OCH3 is 1. The van der Waals surface area contributed by atoms with Crippen LogP contribution in [0.5, 0.6) is 5.75 Å². The molecule has 0 amide bonds. The van der Waals surface area contributed by atoms with Gasteiger partial charge in [0.05, 0.1) is 19.1 Å². The predicted octanol–water partition coefficient (Wildman–Crippen LogP) is 3.11. The Labute approximate surface area is 96.9 Å². The van der Waals surface area contributed by atoms with Crippen molar-refractivity contribution in [2.75, 3.05) is 7.11 Å². The normalized spacial score (nSPS) is 27.3. The molecule has 0 heterocycles. The van der Waals surface area contributed by atoms with Crippen LogP contribution in [0, 0.1) is 31.1 Å². The lowest BCUT2D eigenvalue weighted by atomic mass is 9.91. The maximum atomic E-state index is 9.01. The molecule has 16 heavy (non-hydrogen) atoms. The summed E-state index contributed by atoms with van der Waals surface area (Å²) in [4.78, 5) is 0. The zero-order valence-electron chi connectivity index (χ0n) is 10.3. The van der Waals surface area contributed by atoms with E-state index in [4.69, 9.17) is 10.00 Å². The van der Waals surface area contributed by atoms with Crippen LogP contribution in [0.4, 0.5) is 0 Å². The fraction of sp³-hybridized carbons (Fsp3) is 0.500. The van der Waals surface area contributed by atoms with Crippen molar-refractivity contribution in [1.29, 1.82) is 5.26 Å². The summed E-state index contributed by atoms with van der Waals surface area (Å²) < 4.78 is 5.48. The monoisotopic (exact) mass is 215 g/mol. The Kier molecular flexibility index (Phi) is 2.42. The van der Waals surface area contributed by atoms with Crippen LogP contribution >= 0.6 is 0 Å². The van der Waals surface area contributed by atoms with Crippen molar-refractivity contribution >= 4 is 0 Å². The summed E-state index contributed by atoms with van der Waals surface area (Å²) in [5.41, 5.74) is 3.58. The molecule has 84 valence electrons. The lowest BCUT2D eigenvalue weighted by molar-refractivity contribution is 0.401. The van der Waals surface area contributed by atoms with Crippen LogP contribution in [0.1, 0.15) is 30.0 Å². The minimum Gasteiger partial charge on any atom is -0.496 e. The fourth-order valence-corrected chi connectivity index (χ4v) is 2.50. The van der Waals surface area contributed by atoms with Crippen LogP contribution in [0.2, 0.25) is 0 Å². The van der Waals surface area contributed by atoms with Crippen molar-refractivity contribution in [2.45, 2.75) is 32.6 Å². The summed E-state index contributed by atoms with van der Waals surface area (Å²) >= 11 is 0. The van der Waals surface area contributed by atoms with Gasteiger partial charge in [0, 0.05) is 11.0 Å². The third-order valence-electron chi connectivity index (χ3n) is 3.63. The highest BCUT2D eigenvalue weighted by molar-refractivity contribution is 5.51. The van der Waals surface area contributed by atoms with Crippen LogP contribution in [0.3, 0.4) is 0 Å². The van der Waals surface area contributed by atoms with Gasteiger partial charge in [0.25, 0.3) is 0 Å². The standard InChI is InChI=1S/C14H17NO/c1-9-5-10(2)13(16-4)12(6-9)14(3)7-11(14)8-15/h5-6,11H,7H2,1-4H3. The maximum Gasteiger partial charge on any atom is 0.125 e. The summed E-state index contributed by atoms with van der Waals surface area (Å²) in [7, 11) is 1.70. The Morgan fingerprint density at radius 2 is 2.12 bits per heavy atom. The molecule has 2 atom stereocenters. The summed E-state index contributed by atoms with van der Waals surface area (Å²) in [6, 6.07) is 6.64. The molecule has 0 N–H and O–H groups in total. The molecule has 0 spiro atoms. The minimum atomic E-state index is -0.00310. The van der Waals surface area contributed by atoms with Gasteiger partial charge in [-0.25, -0.2) is 0 Å². The number of hydrogen-bond acceptors (Lipinski definition) is 2. The second-order valence-electron chi connectivity index (χ2n) is 4.97. The molecule has 1 saturated carbocycles. The van der Waals surface area contributed by atoms with E-state index in [2.05, 4.69) is 39.0 Å². The number of benzene rings is 1. The molecule has 0 saturated heterocycles. The van der Waals surface area contributed by atoms with Gasteiger partial charge in [-0.3, -0.25) is 0 Å². The van der Waals surface area contributed by atoms with Gasteiger partial charge >= 0.3 is 0 Å². The van der Waals surface area contributed by atoms with E-state index in [1.807, 2.05) is 0 Å². The number of hydrogen-bond donors (Lipinski definition) is 0. The summed E-state index contributed by atoms with van der Waals surface area (Å²) in [5, 5.41) is 9.01. The van der Waals surface area contributed by atoms with Crippen LogP contribution in [-0.2, 0) is 5.41 Å². The molecular formula is C14H17NO. The third-order valence-corrected chi connectivity index (χ3v) is 3.63. The quantitative estimate of drug-likeness (QED) is 0.759. The number of nitrogens with zero attached hydrogens (tertiary/aromatic N) is 1. The number of ether oxygens (including phenoxy) is 1. The van der Waals surface area contributed by atoms with Gasteiger partial charge in [-0.15, -0.1) is 0 Å². The zero-order chi connectivity index (χ0) is 11.9. The second-order valence-corrected chi connectivity index (χ2v) is 4.97. The van der Waals surface area contributed by atoms with Gasteiger partial charge in [-0.1, -0.05) is 24.6 Å². The number of rotatable bonds is 2. The average Bonchev–Trinajstić information content (AvgIpc) is 2.90. The van der Waals surface area contributed by atoms with Crippen LogP contribution < -0.4 is 4.74 Å². The molecular weight excluding hydrogens is 198 g/mol. The van der Waals surface area contributed by atoms with E-state index in [0.29, 0.717) is 0 Å². The van der Waals surface area contributed by atoms with Gasteiger partial charge in [-0.2, -0.15) is 5.26 Å². The molecule has 0 bridgehead atoms. The molecule has 2 rings (SSSR count). The molecule has 1 aromatic carbocycles. The van der Waals surface area contributed by atoms with Crippen molar-refractivity contribution in [1.82, 2.24) is 0 Å². The van der Waals surface area contributed by atoms with Crippen LogP contribution in [-0.4, -0.2) is 7.11 Å². The highest BCUT2D eigenvalue weighted by atomic mass is 16.5. The van der Waals surface area contributed by atoms with Crippen molar-refractivity contribution in [2.24, 2.45) is 5.92 Å². The Hall–Kier alpha value is -1.49. The molecule has 2 nitrogen and oxygen atoms in total. The van der Waals surface area contributed by atoms with E-state index in [1.165, 1.54) is 11.1 Å². The van der Waals surface area contributed by atoms with Gasteiger partial charge in [0.1, 0.15) is 5.75 Å². The van der Waals surface area contributed by atoms with Crippen LogP contribution in [0.25, 0.3) is 0 Å². The molecule has 2 heteroatoms. The molecule has 1 aliphatic carbocycles. The van der Waals surface area contributed by atoms with E-state index >= 15 is 0 Å². The first kappa shape index (κ1) is 11.0. The van der Waals surface area contributed by atoms with Gasteiger partial charge in [0.2, 0.25) is 0 Å². The highest BCUT2D eigenvalue weighted by Crippen LogP contribution is 2.56. The lowest BCUT2D eigenvalue weighted by Gasteiger charge is -2.17. The van der Waals surface area contributed by atoms with Crippen molar-refractivity contribution in [3.05, 3.63) is 28.8 Å². The topological polar surface area (TPSA) is 33.0 Å². The largest absolute Gasteiger partial charge is 0.496 e. The molecule has 0 radical (unpaired) electrons. The summed E-state index contributed by atoms with van der Waals surface area (Å²) in [6.07, 6.45) is 0.947. The molecule has 1 aliphatic rings. The first-order valence-electron chi connectivity index (χ1n) is 5.58. The smallest absolute Gasteiger partial charge is 0.125 e. The lowest BCUT2D eigenvalue weighted by Crippen LogP contribution is -2.08. The van der Waals surface area contributed by atoms with E-state index < -0.39 is 0 Å². The van der Waals surface area contributed by atoms with E-state index in [0.717, 1.165) is 17.7 Å². The Morgan fingerprint density at radius 1 is 1.44 bits per heavy atom. The summed E-state index contributed by atoms with van der Waals surface area (Å²) in [6.45, 7) is 6.29. The van der Waals surface area contributed by atoms with Crippen molar-refractivity contribution in [3.8, 4) is 11.8 Å². The molecule has 1 fully saturated rings. The van der Waals surface area contributed by atoms with Gasteiger partial charge in [0.15, 0.2) is 0 Å². The Bertz CT molecular complexity index is 472. The molecule has 2 unspecified atom stereocenters. The van der Waals surface area contributed by atoms with Gasteiger partial charge in [-0.05, 0) is 25.8 Å². The van der Waals surface area contributed by atoms with Crippen molar-refractivity contribution < 1.29 is 4.74 Å².